The molecule has 0 saturated heterocycles. The van der Waals surface area contributed by atoms with Crippen LogP contribution in [0.5, 0.6) is 0 Å². The molecule has 0 saturated carbocycles. The molecule has 1 atom stereocenters. The molecule has 0 heterocycles. The van der Waals surface area contributed by atoms with Gasteiger partial charge in [0.1, 0.15) is 0 Å². The first kappa shape index (κ1) is 10.9. The Morgan fingerprint density at radius 2 is 2.27 bits per heavy atom. The van der Waals surface area contributed by atoms with Crippen LogP contribution in [-0.4, -0.2) is 29.9 Å². The molecule has 0 N–H and O–H groups in total. The Morgan fingerprint density at radius 3 is 2.64 bits per heavy atom. The van der Waals surface area contributed by atoms with Gasteiger partial charge in [-0.2, -0.15) is 5.26 Å². The lowest BCUT2D eigenvalue weighted by Gasteiger charge is -2.19. The van der Waals surface area contributed by atoms with E-state index in [0.29, 0.717) is 0 Å². The lowest BCUT2D eigenvalue weighted by Crippen LogP contribution is -2.29. The highest BCUT2D eigenvalue weighted by Gasteiger charge is 2.05. The molecule has 0 aliphatic rings. The third kappa shape index (κ3) is 5.23. The van der Waals surface area contributed by atoms with Gasteiger partial charge in [0.25, 0.3) is 0 Å². The first-order valence-corrected chi connectivity index (χ1v) is 5.04. The second kappa shape index (κ2) is 6.63. The molecule has 2 nitrogen and oxygen atoms in total. The van der Waals surface area contributed by atoms with Crippen molar-refractivity contribution in [2.24, 2.45) is 5.92 Å². The average Bonchev–Trinajstić information content (AvgIpc) is 2.03. The fraction of sp³-hybridized carbons (Fsp3) is 0.875. The highest BCUT2D eigenvalue weighted by Crippen LogP contribution is 1.98. The van der Waals surface area contributed by atoms with Gasteiger partial charge in [-0.25, -0.2) is 0 Å². The standard InChI is InChI=1S/C8H15BrN2/c1-3-11(5-4-9)7-8(2)6-10/h8H,3-5,7H2,1-2H3. The summed E-state index contributed by atoms with van der Waals surface area (Å²) in [5.41, 5.74) is 0. The molecule has 1 unspecified atom stereocenters. The quantitative estimate of drug-likeness (QED) is 0.660. The fourth-order valence-corrected chi connectivity index (χ4v) is 1.43. The molecular formula is C8H15BrN2. The van der Waals surface area contributed by atoms with Gasteiger partial charge in [0.2, 0.25) is 0 Å². The van der Waals surface area contributed by atoms with Crippen molar-refractivity contribution in [3.05, 3.63) is 0 Å². The summed E-state index contributed by atoms with van der Waals surface area (Å²) in [7, 11) is 0. The van der Waals surface area contributed by atoms with Gasteiger partial charge in [0, 0.05) is 18.4 Å². The predicted molar refractivity (Wildman–Crippen MR) is 50.7 cm³/mol. The molecule has 0 aromatic rings. The lowest BCUT2D eigenvalue weighted by molar-refractivity contribution is 0.285. The Kier molecular flexibility index (Phi) is 6.59. The zero-order valence-corrected chi connectivity index (χ0v) is 8.76. The predicted octanol–water partition coefficient (Wildman–Crippen LogP) is 1.86. The molecule has 0 aromatic heterocycles. The molecule has 0 amide bonds. The molecule has 0 aromatic carbocycles. The zero-order valence-electron chi connectivity index (χ0n) is 7.18. The van der Waals surface area contributed by atoms with E-state index in [1.807, 2.05) is 6.92 Å². The van der Waals surface area contributed by atoms with Crippen molar-refractivity contribution in [2.45, 2.75) is 13.8 Å². The maximum Gasteiger partial charge on any atom is 0.0666 e. The number of rotatable bonds is 5. The Hall–Kier alpha value is -0.0700. The normalized spacial score (nSPS) is 13.0. The monoisotopic (exact) mass is 218 g/mol. The summed E-state index contributed by atoms with van der Waals surface area (Å²) in [6.45, 7) is 7.02. The average molecular weight is 219 g/mol. The second-order valence-electron chi connectivity index (χ2n) is 2.61. The smallest absolute Gasteiger partial charge is 0.0666 e. The molecule has 0 bridgehead atoms. The van der Waals surface area contributed by atoms with E-state index in [2.05, 4.69) is 33.8 Å². The molecule has 11 heavy (non-hydrogen) atoms. The Morgan fingerprint density at radius 1 is 1.64 bits per heavy atom. The highest BCUT2D eigenvalue weighted by atomic mass is 79.9. The van der Waals surface area contributed by atoms with Crippen LogP contribution in [0, 0.1) is 17.2 Å². The van der Waals surface area contributed by atoms with Crippen molar-refractivity contribution < 1.29 is 0 Å². The molecule has 64 valence electrons. The van der Waals surface area contributed by atoms with Crippen LogP contribution in [0.1, 0.15) is 13.8 Å². The number of hydrogen-bond acceptors (Lipinski definition) is 2. The van der Waals surface area contributed by atoms with E-state index in [1.165, 1.54) is 0 Å². The van der Waals surface area contributed by atoms with Crippen molar-refractivity contribution in [2.75, 3.05) is 25.0 Å². The minimum absolute atomic E-state index is 0.147. The molecular weight excluding hydrogens is 204 g/mol. The number of halogens is 1. The SMILES string of the molecule is CCN(CCBr)CC(C)C#N. The van der Waals surface area contributed by atoms with Crippen LogP contribution >= 0.6 is 15.9 Å². The van der Waals surface area contributed by atoms with Crippen LogP contribution in [0.15, 0.2) is 0 Å². The zero-order chi connectivity index (χ0) is 8.69. The Balaban J connectivity index is 3.60. The summed E-state index contributed by atoms with van der Waals surface area (Å²) >= 11 is 3.38. The molecule has 3 heteroatoms. The van der Waals surface area contributed by atoms with Gasteiger partial charge in [-0.05, 0) is 13.5 Å². The highest BCUT2D eigenvalue weighted by molar-refractivity contribution is 9.09. The van der Waals surface area contributed by atoms with Crippen LogP contribution < -0.4 is 0 Å². The van der Waals surface area contributed by atoms with E-state index < -0.39 is 0 Å². The second-order valence-corrected chi connectivity index (χ2v) is 3.41. The number of hydrogen-bond donors (Lipinski definition) is 0. The number of nitrogens with zero attached hydrogens (tertiary/aromatic N) is 2. The third-order valence-electron chi connectivity index (χ3n) is 1.60. The van der Waals surface area contributed by atoms with Crippen molar-refractivity contribution in [1.82, 2.24) is 4.90 Å². The van der Waals surface area contributed by atoms with Gasteiger partial charge in [-0.15, -0.1) is 0 Å². The molecule has 0 spiro atoms. The van der Waals surface area contributed by atoms with E-state index in [9.17, 15) is 0 Å². The Bertz CT molecular complexity index is 131. The summed E-state index contributed by atoms with van der Waals surface area (Å²) < 4.78 is 0. The molecule has 0 aliphatic carbocycles. The minimum Gasteiger partial charge on any atom is -0.301 e. The summed E-state index contributed by atoms with van der Waals surface area (Å²) in [4.78, 5) is 2.27. The van der Waals surface area contributed by atoms with E-state index in [1.54, 1.807) is 0 Å². The van der Waals surface area contributed by atoms with Crippen molar-refractivity contribution in [1.29, 1.82) is 5.26 Å². The van der Waals surface area contributed by atoms with Crippen LogP contribution in [-0.2, 0) is 0 Å². The molecule has 0 rings (SSSR count). The Labute approximate surface area is 77.3 Å². The van der Waals surface area contributed by atoms with E-state index >= 15 is 0 Å². The maximum atomic E-state index is 8.56. The van der Waals surface area contributed by atoms with Gasteiger partial charge >= 0.3 is 0 Å². The molecule has 0 fully saturated rings. The van der Waals surface area contributed by atoms with Crippen molar-refractivity contribution >= 4 is 15.9 Å². The van der Waals surface area contributed by atoms with E-state index in [-0.39, 0.29) is 5.92 Å². The summed E-state index contributed by atoms with van der Waals surface area (Å²) in [6.07, 6.45) is 0. The lowest BCUT2D eigenvalue weighted by atomic mass is 10.2. The molecule has 0 aliphatic heterocycles. The van der Waals surface area contributed by atoms with Crippen LogP contribution in [0.2, 0.25) is 0 Å². The summed E-state index contributed by atoms with van der Waals surface area (Å²) in [6, 6.07) is 2.23. The van der Waals surface area contributed by atoms with Crippen molar-refractivity contribution in [3.63, 3.8) is 0 Å². The first-order valence-electron chi connectivity index (χ1n) is 3.92. The van der Waals surface area contributed by atoms with Gasteiger partial charge in [-0.3, -0.25) is 0 Å². The van der Waals surface area contributed by atoms with Crippen LogP contribution in [0.25, 0.3) is 0 Å². The topological polar surface area (TPSA) is 27.0 Å². The fourth-order valence-electron chi connectivity index (χ4n) is 0.926. The van der Waals surface area contributed by atoms with Gasteiger partial charge in [-0.1, -0.05) is 22.9 Å². The third-order valence-corrected chi connectivity index (χ3v) is 1.96. The van der Waals surface area contributed by atoms with E-state index in [0.717, 1.165) is 25.0 Å². The van der Waals surface area contributed by atoms with E-state index in [4.69, 9.17) is 5.26 Å². The first-order chi connectivity index (χ1) is 5.24. The number of nitriles is 1. The number of alkyl halides is 1. The summed E-state index contributed by atoms with van der Waals surface area (Å²) in [5.74, 6) is 0.147. The summed E-state index contributed by atoms with van der Waals surface area (Å²) in [5, 5.41) is 9.54. The van der Waals surface area contributed by atoms with Gasteiger partial charge < -0.3 is 4.90 Å². The van der Waals surface area contributed by atoms with Gasteiger partial charge in [0.15, 0.2) is 0 Å². The van der Waals surface area contributed by atoms with Gasteiger partial charge in [0.05, 0.1) is 12.0 Å². The largest absolute Gasteiger partial charge is 0.301 e. The molecule has 0 radical (unpaired) electrons. The minimum atomic E-state index is 0.147. The van der Waals surface area contributed by atoms with Crippen molar-refractivity contribution in [3.8, 4) is 6.07 Å². The van der Waals surface area contributed by atoms with Crippen LogP contribution in [0.3, 0.4) is 0 Å². The maximum absolute atomic E-state index is 8.56. The van der Waals surface area contributed by atoms with Crippen LogP contribution in [0.4, 0.5) is 0 Å².